The number of carbonyl (C=O) groups excluding carboxylic acids is 1. The monoisotopic (exact) mass is 234 g/mol. The van der Waals surface area contributed by atoms with Crippen LogP contribution in [0.3, 0.4) is 0 Å². The summed E-state index contributed by atoms with van der Waals surface area (Å²) in [5.74, 6) is 1.04. The first kappa shape index (κ1) is 13.8. The standard InChI is InChI=1S/C15H22O2/c1-10(2)12-7-8-13(11(3)4)15(17)14(12)6-5-9-16/h7-11,17H,5-6H2,1-4H3. The van der Waals surface area contributed by atoms with E-state index in [9.17, 15) is 9.90 Å². The maximum absolute atomic E-state index is 10.5. The molecule has 0 aliphatic rings. The van der Waals surface area contributed by atoms with Crippen LogP contribution in [0.25, 0.3) is 0 Å². The molecule has 1 aromatic rings. The molecule has 0 unspecified atom stereocenters. The van der Waals surface area contributed by atoms with E-state index in [1.807, 2.05) is 6.07 Å². The Bertz CT molecular complexity index is 392. The van der Waals surface area contributed by atoms with E-state index in [2.05, 4.69) is 33.8 Å². The third kappa shape index (κ3) is 3.09. The maximum Gasteiger partial charge on any atom is 0.122 e. The lowest BCUT2D eigenvalue weighted by molar-refractivity contribution is -0.107. The molecule has 0 spiro atoms. The zero-order valence-electron chi connectivity index (χ0n) is 11.2. The second-order valence-corrected chi connectivity index (χ2v) is 5.09. The summed E-state index contributed by atoms with van der Waals surface area (Å²) in [4.78, 5) is 10.5. The van der Waals surface area contributed by atoms with Crippen molar-refractivity contribution in [3.05, 3.63) is 28.8 Å². The van der Waals surface area contributed by atoms with Crippen molar-refractivity contribution in [2.75, 3.05) is 0 Å². The first-order chi connectivity index (χ1) is 7.99. The summed E-state index contributed by atoms with van der Waals surface area (Å²) in [5.41, 5.74) is 3.06. The predicted molar refractivity (Wildman–Crippen MR) is 70.7 cm³/mol. The highest BCUT2D eigenvalue weighted by Crippen LogP contribution is 2.35. The van der Waals surface area contributed by atoms with Crippen molar-refractivity contribution >= 4 is 6.29 Å². The Labute approximate surface area is 104 Å². The van der Waals surface area contributed by atoms with Gasteiger partial charge in [-0.05, 0) is 34.9 Å². The summed E-state index contributed by atoms with van der Waals surface area (Å²) < 4.78 is 0. The SMILES string of the molecule is CC(C)c1ccc(C(C)C)c(CCC=O)c1O. The highest BCUT2D eigenvalue weighted by Gasteiger charge is 2.15. The maximum atomic E-state index is 10.5. The van der Waals surface area contributed by atoms with Gasteiger partial charge in [0.25, 0.3) is 0 Å². The molecule has 0 atom stereocenters. The van der Waals surface area contributed by atoms with E-state index >= 15 is 0 Å². The van der Waals surface area contributed by atoms with Gasteiger partial charge in [0.15, 0.2) is 0 Å². The molecule has 0 aliphatic carbocycles. The molecule has 0 aliphatic heterocycles. The number of aldehydes is 1. The minimum Gasteiger partial charge on any atom is -0.507 e. The molecule has 17 heavy (non-hydrogen) atoms. The molecule has 2 heteroatoms. The Morgan fingerprint density at radius 2 is 1.65 bits per heavy atom. The summed E-state index contributed by atoms with van der Waals surface area (Å²) in [6, 6.07) is 4.08. The van der Waals surface area contributed by atoms with Gasteiger partial charge in [-0.1, -0.05) is 39.8 Å². The molecular weight excluding hydrogens is 212 g/mol. The van der Waals surface area contributed by atoms with Gasteiger partial charge >= 0.3 is 0 Å². The summed E-state index contributed by atoms with van der Waals surface area (Å²) in [7, 11) is 0. The minimum absolute atomic E-state index is 0.297. The normalized spacial score (nSPS) is 11.2. The molecule has 0 radical (unpaired) electrons. The number of carbonyl (C=O) groups is 1. The van der Waals surface area contributed by atoms with Crippen LogP contribution in [0.4, 0.5) is 0 Å². The van der Waals surface area contributed by atoms with E-state index < -0.39 is 0 Å². The van der Waals surface area contributed by atoms with E-state index in [0.29, 0.717) is 30.4 Å². The number of rotatable bonds is 5. The van der Waals surface area contributed by atoms with Crippen molar-refractivity contribution in [2.24, 2.45) is 0 Å². The Morgan fingerprint density at radius 3 is 2.12 bits per heavy atom. The number of phenolic OH excluding ortho intramolecular Hbond substituents is 1. The largest absolute Gasteiger partial charge is 0.507 e. The van der Waals surface area contributed by atoms with Crippen LogP contribution in [0, 0.1) is 0 Å². The van der Waals surface area contributed by atoms with Crippen LogP contribution in [-0.2, 0) is 11.2 Å². The zero-order valence-corrected chi connectivity index (χ0v) is 11.2. The molecule has 0 bridgehead atoms. The van der Waals surface area contributed by atoms with Crippen molar-refractivity contribution < 1.29 is 9.90 Å². The summed E-state index contributed by atoms with van der Waals surface area (Å²) in [6.45, 7) is 8.34. The predicted octanol–water partition coefficient (Wildman–Crippen LogP) is 3.77. The lowest BCUT2D eigenvalue weighted by atomic mass is 9.89. The van der Waals surface area contributed by atoms with Crippen LogP contribution >= 0.6 is 0 Å². The van der Waals surface area contributed by atoms with E-state index in [1.165, 1.54) is 0 Å². The second kappa shape index (κ2) is 5.85. The topological polar surface area (TPSA) is 37.3 Å². The van der Waals surface area contributed by atoms with Gasteiger partial charge in [-0.3, -0.25) is 0 Å². The molecule has 0 fully saturated rings. The molecule has 2 nitrogen and oxygen atoms in total. The summed E-state index contributed by atoms with van der Waals surface area (Å²) >= 11 is 0. The summed E-state index contributed by atoms with van der Waals surface area (Å²) in [5, 5.41) is 10.3. The Kier molecular flexibility index (Phi) is 4.73. The van der Waals surface area contributed by atoms with Crippen molar-refractivity contribution in [1.29, 1.82) is 0 Å². The third-order valence-corrected chi connectivity index (χ3v) is 3.11. The first-order valence-electron chi connectivity index (χ1n) is 6.27. The van der Waals surface area contributed by atoms with Crippen molar-refractivity contribution in [2.45, 2.75) is 52.4 Å². The number of phenols is 1. The molecule has 1 rings (SSSR count). The van der Waals surface area contributed by atoms with Gasteiger partial charge < -0.3 is 9.90 Å². The van der Waals surface area contributed by atoms with Gasteiger partial charge in [0.05, 0.1) is 0 Å². The average Bonchev–Trinajstić information content (AvgIpc) is 2.26. The van der Waals surface area contributed by atoms with Crippen LogP contribution in [0.1, 0.15) is 62.6 Å². The van der Waals surface area contributed by atoms with Crippen LogP contribution in [-0.4, -0.2) is 11.4 Å². The van der Waals surface area contributed by atoms with Gasteiger partial charge in [-0.15, -0.1) is 0 Å². The van der Waals surface area contributed by atoms with Crippen molar-refractivity contribution in [3.8, 4) is 5.75 Å². The molecule has 1 N–H and O–H groups in total. The molecular formula is C15H22O2. The first-order valence-corrected chi connectivity index (χ1v) is 6.27. The number of benzene rings is 1. The van der Waals surface area contributed by atoms with Crippen LogP contribution in [0.15, 0.2) is 12.1 Å². The van der Waals surface area contributed by atoms with Gasteiger partial charge in [0.2, 0.25) is 0 Å². The van der Waals surface area contributed by atoms with Crippen LogP contribution in [0.5, 0.6) is 5.75 Å². The van der Waals surface area contributed by atoms with Crippen molar-refractivity contribution in [1.82, 2.24) is 0 Å². The van der Waals surface area contributed by atoms with E-state index in [0.717, 1.165) is 23.0 Å². The molecule has 0 saturated carbocycles. The molecule has 94 valence electrons. The second-order valence-electron chi connectivity index (χ2n) is 5.09. The molecule has 0 heterocycles. The minimum atomic E-state index is 0.297. The van der Waals surface area contributed by atoms with E-state index in [4.69, 9.17) is 0 Å². The Hall–Kier alpha value is -1.31. The Balaban J connectivity index is 3.25. The lowest BCUT2D eigenvalue weighted by Gasteiger charge is -2.18. The molecule has 0 saturated heterocycles. The third-order valence-electron chi connectivity index (χ3n) is 3.11. The smallest absolute Gasteiger partial charge is 0.122 e. The molecule has 0 aromatic heterocycles. The highest BCUT2D eigenvalue weighted by atomic mass is 16.3. The lowest BCUT2D eigenvalue weighted by Crippen LogP contribution is -2.01. The highest BCUT2D eigenvalue weighted by molar-refractivity contribution is 5.53. The van der Waals surface area contributed by atoms with E-state index in [-0.39, 0.29) is 0 Å². The van der Waals surface area contributed by atoms with E-state index in [1.54, 1.807) is 0 Å². The number of hydrogen-bond acceptors (Lipinski definition) is 2. The molecule has 0 amide bonds. The van der Waals surface area contributed by atoms with Gasteiger partial charge in [0.1, 0.15) is 12.0 Å². The fourth-order valence-corrected chi connectivity index (χ4v) is 2.14. The van der Waals surface area contributed by atoms with Gasteiger partial charge in [-0.2, -0.15) is 0 Å². The summed E-state index contributed by atoms with van der Waals surface area (Å²) in [6.07, 6.45) is 2.00. The fourth-order valence-electron chi connectivity index (χ4n) is 2.14. The van der Waals surface area contributed by atoms with Gasteiger partial charge in [0, 0.05) is 6.42 Å². The number of aromatic hydroxyl groups is 1. The van der Waals surface area contributed by atoms with Crippen LogP contribution in [0.2, 0.25) is 0 Å². The van der Waals surface area contributed by atoms with Crippen molar-refractivity contribution in [3.63, 3.8) is 0 Å². The Morgan fingerprint density at radius 1 is 1.12 bits per heavy atom. The van der Waals surface area contributed by atoms with Gasteiger partial charge in [-0.25, -0.2) is 0 Å². The van der Waals surface area contributed by atoms with Crippen LogP contribution < -0.4 is 0 Å². The molecule has 1 aromatic carbocycles. The quantitative estimate of drug-likeness (QED) is 0.787. The average molecular weight is 234 g/mol. The zero-order chi connectivity index (χ0) is 13.0. The number of hydrogen-bond donors (Lipinski definition) is 1. The fraction of sp³-hybridized carbons (Fsp3) is 0.533.